The number of anilines is 1. The fourth-order valence-electron chi connectivity index (χ4n) is 4.96. The number of nitrogens with zero attached hydrogens (tertiary/aromatic N) is 7. The van der Waals surface area contributed by atoms with Crippen molar-refractivity contribution in [1.29, 1.82) is 0 Å². The van der Waals surface area contributed by atoms with E-state index in [-0.39, 0.29) is 17.8 Å². The Bertz CT molecular complexity index is 1550. The first-order valence-electron chi connectivity index (χ1n) is 13.9. The van der Waals surface area contributed by atoms with Gasteiger partial charge in [0.2, 0.25) is 0 Å². The summed E-state index contributed by atoms with van der Waals surface area (Å²) in [5.41, 5.74) is 4.46. The Hall–Kier alpha value is -4.36. The third kappa shape index (κ3) is 7.93. The fourth-order valence-corrected chi connectivity index (χ4v) is 4.96. The molecule has 43 heavy (non-hydrogen) atoms. The molecule has 1 fully saturated rings. The van der Waals surface area contributed by atoms with E-state index in [0.717, 1.165) is 69.1 Å². The molecule has 13 heteroatoms. The van der Waals surface area contributed by atoms with Crippen LogP contribution in [0.1, 0.15) is 28.0 Å². The first-order chi connectivity index (χ1) is 20.7. The van der Waals surface area contributed by atoms with Crippen LogP contribution in [0.5, 0.6) is 5.75 Å². The summed E-state index contributed by atoms with van der Waals surface area (Å²) in [5, 5.41) is 8.65. The Morgan fingerprint density at radius 3 is 2.63 bits per heavy atom. The summed E-state index contributed by atoms with van der Waals surface area (Å²) in [7, 11) is 1.72. The van der Waals surface area contributed by atoms with E-state index in [1.807, 2.05) is 13.1 Å². The van der Waals surface area contributed by atoms with Crippen molar-refractivity contribution in [3.8, 4) is 22.7 Å². The molecule has 0 amide bonds. The van der Waals surface area contributed by atoms with Crippen LogP contribution in [0.15, 0.2) is 61.2 Å². The molecule has 0 N–H and O–H groups in total. The number of ether oxygens (including phenoxy) is 2. The van der Waals surface area contributed by atoms with E-state index < -0.39 is 12.1 Å². The van der Waals surface area contributed by atoms with E-state index in [2.05, 4.69) is 40.9 Å². The fraction of sp³-hybridized carbons (Fsp3) is 0.367. The second-order valence-electron chi connectivity index (χ2n) is 10.3. The molecule has 0 radical (unpaired) electrons. The van der Waals surface area contributed by atoms with Crippen molar-refractivity contribution in [2.24, 2.45) is 0 Å². The van der Waals surface area contributed by atoms with Gasteiger partial charge in [-0.05, 0) is 43.2 Å². The molecule has 10 nitrogen and oxygen atoms in total. The van der Waals surface area contributed by atoms with E-state index in [1.54, 1.807) is 36.4 Å². The smallest absolute Gasteiger partial charge is 0.406 e. The normalized spacial score (nSPS) is 14.2. The highest BCUT2D eigenvalue weighted by molar-refractivity contribution is 5.97. The number of piperazine rings is 1. The average Bonchev–Trinajstić information content (AvgIpc) is 3.48. The number of aromatic nitrogens is 5. The van der Waals surface area contributed by atoms with Crippen LogP contribution >= 0.6 is 0 Å². The van der Waals surface area contributed by atoms with Gasteiger partial charge in [-0.1, -0.05) is 17.3 Å². The summed E-state index contributed by atoms with van der Waals surface area (Å²) in [6.45, 7) is 7.36. The van der Waals surface area contributed by atoms with E-state index >= 15 is 0 Å². The second kappa shape index (κ2) is 13.3. The van der Waals surface area contributed by atoms with Gasteiger partial charge in [0.1, 0.15) is 11.4 Å². The number of benzene rings is 1. The zero-order valence-corrected chi connectivity index (χ0v) is 23.9. The highest BCUT2D eigenvalue weighted by Crippen LogP contribution is 2.26. The number of pyridine rings is 2. The number of rotatable bonds is 11. The summed E-state index contributed by atoms with van der Waals surface area (Å²) in [5.74, 6) is -0.822. The molecule has 0 unspecified atom stereocenters. The largest absolute Gasteiger partial charge is 0.573 e. The van der Waals surface area contributed by atoms with Crippen molar-refractivity contribution in [2.75, 3.05) is 51.3 Å². The topological polar surface area (TPSA) is 98.5 Å². The lowest BCUT2D eigenvalue weighted by Crippen LogP contribution is -2.46. The number of alkyl halides is 3. The SMILES string of the molecule is COCCCN1CCN(c2cncc(-c3cn(-c4cc(CC(=O)c5cccc(OC(F)(F)F)c5)cnc4C)nn3)c2)CC1. The number of Topliss-reactive ketones (excluding diaryl/α,β-unsaturated/α-hetero) is 1. The van der Waals surface area contributed by atoms with E-state index in [4.69, 9.17) is 4.74 Å². The van der Waals surface area contributed by atoms with Crippen LogP contribution in [0, 0.1) is 6.92 Å². The Kier molecular flexibility index (Phi) is 9.31. The van der Waals surface area contributed by atoms with Gasteiger partial charge < -0.3 is 14.4 Å². The van der Waals surface area contributed by atoms with Crippen molar-refractivity contribution in [2.45, 2.75) is 26.1 Å². The minimum atomic E-state index is -4.84. The van der Waals surface area contributed by atoms with Gasteiger partial charge >= 0.3 is 6.36 Å². The summed E-state index contributed by atoms with van der Waals surface area (Å²) in [6.07, 6.45) is 3.06. The van der Waals surface area contributed by atoms with Gasteiger partial charge in [-0.15, -0.1) is 18.3 Å². The van der Waals surface area contributed by atoms with Crippen molar-refractivity contribution in [3.63, 3.8) is 0 Å². The van der Waals surface area contributed by atoms with Gasteiger partial charge in [-0.25, -0.2) is 4.68 Å². The molecule has 1 aliphatic heterocycles. The van der Waals surface area contributed by atoms with Gasteiger partial charge in [-0.2, -0.15) is 0 Å². The van der Waals surface area contributed by atoms with Crippen LogP contribution in [0.3, 0.4) is 0 Å². The number of hydrogen-bond donors (Lipinski definition) is 0. The summed E-state index contributed by atoms with van der Waals surface area (Å²) in [4.78, 5) is 26.5. The highest BCUT2D eigenvalue weighted by atomic mass is 19.4. The first kappa shape index (κ1) is 30.1. The van der Waals surface area contributed by atoms with E-state index in [0.29, 0.717) is 22.6 Å². The average molecular weight is 596 g/mol. The molecular formula is C30H32F3N7O3. The van der Waals surface area contributed by atoms with E-state index in [9.17, 15) is 18.0 Å². The highest BCUT2D eigenvalue weighted by Gasteiger charge is 2.31. The predicted molar refractivity (Wildman–Crippen MR) is 153 cm³/mol. The molecule has 0 spiro atoms. The van der Waals surface area contributed by atoms with Crippen molar-refractivity contribution in [3.05, 3.63) is 78.0 Å². The lowest BCUT2D eigenvalue weighted by atomic mass is 10.0. The maximum atomic E-state index is 12.9. The Morgan fingerprint density at radius 1 is 1.05 bits per heavy atom. The molecule has 4 aromatic rings. The zero-order valence-electron chi connectivity index (χ0n) is 23.9. The molecule has 0 saturated carbocycles. The van der Waals surface area contributed by atoms with Crippen LogP contribution in [-0.4, -0.2) is 88.4 Å². The third-order valence-corrected chi connectivity index (χ3v) is 7.19. The summed E-state index contributed by atoms with van der Waals surface area (Å²) in [6, 6.07) is 8.84. The maximum absolute atomic E-state index is 12.9. The maximum Gasteiger partial charge on any atom is 0.573 e. The Morgan fingerprint density at radius 2 is 1.86 bits per heavy atom. The monoisotopic (exact) mass is 595 g/mol. The lowest BCUT2D eigenvalue weighted by molar-refractivity contribution is -0.274. The predicted octanol–water partition coefficient (Wildman–Crippen LogP) is 4.52. The van der Waals surface area contributed by atoms with Crippen LogP contribution in [0.2, 0.25) is 0 Å². The molecule has 0 bridgehead atoms. The molecule has 0 atom stereocenters. The second-order valence-corrected chi connectivity index (χ2v) is 10.3. The lowest BCUT2D eigenvalue weighted by Gasteiger charge is -2.36. The van der Waals surface area contributed by atoms with Crippen molar-refractivity contribution in [1.82, 2.24) is 29.9 Å². The van der Waals surface area contributed by atoms with Crippen LogP contribution in [-0.2, 0) is 11.2 Å². The molecule has 3 aromatic heterocycles. The third-order valence-electron chi connectivity index (χ3n) is 7.19. The van der Waals surface area contributed by atoms with E-state index in [1.165, 1.54) is 12.1 Å². The number of hydrogen-bond acceptors (Lipinski definition) is 9. The molecule has 5 rings (SSSR count). The summed E-state index contributed by atoms with van der Waals surface area (Å²) >= 11 is 0. The number of methoxy groups -OCH3 is 1. The van der Waals surface area contributed by atoms with Crippen molar-refractivity contribution >= 4 is 11.5 Å². The number of ketones is 1. The number of carbonyl (C=O) groups is 1. The van der Waals surface area contributed by atoms with Gasteiger partial charge in [0.15, 0.2) is 5.78 Å². The minimum Gasteiger partial charge on any atom is -0.406 e. The molecule has 226 valence electrons. The number of carbonyl (C=O) groups excluding carboxylic acids is 1. The van der Waals surface area contributed by atoms with Gasteiger partial charge in [0, 0.05) is 76.4 Å². The van der Waals surface area contributed by atoms with Crippen LogP contribution in [0.25, 0.3) is 16.9 Å². The molecule has 1 aromatic carbocycles. The standard InChI is InChI=1S/C30H32F3N7O3/c1-21-28(13-22(17-35-21)14-29(41)23-5-3-6-26(16-23)43-30(31,32)33)40-20-27(36-37-40)24-15-25(19-34-18-24)39-10-8-38(9-11-39)7-4-12-42-2/h3,5-6,13,15-20H,4,7-12,14H2,1-2H3. The van der Waals surface area contributed by atoms with Crippen LogP contribution in [0.4, 0.5) is 18.9 Å². The number of aryl methyl sites for hydroxylation is 1. The molecule has 4 heterocycles. The van der Waals surface area contributed by atoms with Gasteiger partial charge in [0.25, 0.3) is 0 Å². The molecule has 1 saturated heterocycles. The van der Waals surface area contributed by atoms with Crippen molar-refractivity contribution < 1.29 is 27.4 Å². The quantitative estimate of drug-likeness (QED) is 0.183. The molecule has 1 aliphatic rings. The van der Waals surface area contributed by atoms with Crippen LogP contribution < -0.4 is 9.64 Å². The zero-order chi connectivity index (χ0) is 30.4. The Balaban J connectivity index is 1.27. The van der Waals surface area contributed by atoms with Gasteiger partial charge in [-0.3, -0.25) is 19.7 Å². The summed E-state index contributed by atoms with van der Waals surface area (Å²) < 4.78 is 48.5. The van der Waals surface area contributed by atoms with Gasteiger partial charge in [0.05, 0.1) is 29.5 Å². The number of halogens is 3. The first-order valence-corrected chi connectivity index (χ1v) is 13.9. The molecular weight excluding hydrogens is 563 g/mol. The molecule has 0 aliphatic carbocycles. The minimum absolute atomic E-state index is 0.0666. The Labute approximate surface area is 247 Å².